The van der Waals surface area contributed by atoms with Gasteiger partial charge in [-0.25, -0.2) is 0 Å². The normalized spacial score (nSPS) is 21.6. The molecule has 0 saturated carbocycles. The molecule has 1 unspecified atom stereocenters. The van der Waals surface area contributed by atoms with E-state index in [0.717, 1.165) is 11.1 Å². The first-order valence-corrected chi connectivity index (χ1v) is 4.37. The van der Waals surface area contributed by atoms with E-state index in [1.165, 1.54) is 0 Å². The van der Waals surface area contributed by atoms with Gasteiger partial charge >= 0.3 is 0 Å². The summed E-state index contributed by atoms with van der Waals surface area (Å²) in [7, 11) is 0. The van der Waals surface area contributed by atoms with Crippen molar-refractivity contribution in [2.45, 2.75) is 6.10 Å². The summed E-state index contributed by atoms with van der Waals surface area (Å²) in [5.41, 5.74) is 2.11. The quantitative estimate of drug-likeness (QED) is 0.695. The molecule has 0 aromatic heterocycles. The summed E-state index contributed by atoms with van der Waals surface area (Å²) in [6.45, 7) is 0.652. The lowest BCUT2D eigenvalue weighted by Crippen LogP contribution is -1.95. The highest BCUT2D eigenvalue weighted by Gasteiger charge is 2.16. The Balaban J connectivity index is 2.16. The largest absolute Gasteiger partial charge is 0.392 e. The zero-order valence-electron chi connectivity index (χ0n) is 7.31. The molecule has 0 fully saturated rings. The second kappa shape index (κ2) is 3.73. The fourth-order valence-corrected chi connectivity index (χ4v) is 1.44. The monoisotopic (exact) mass is 176 g/mol. The van der Waals surface area contributed by atoms with E-state index in [2.05, 4.69) is 0 Å². The van der Waals surface area contributed by atoms with Crippen LogP contribution in [0, 0.1) is 0 Å². The van der Waals surface area contributed by atoms with E-state index in [0.29, 0.717) is 6.61 Å². The molecule has 0 amide bonds. The third-order valence-electron chi connectivity index (χ3n) is 2.17. The first-order valence-electron chi connectivity index (χ1n) is 4.37. The van der Waals surface area contributed by atoms with Crippen molar-refractivity contribution in [3.05, 3.63) is 47.5 Å². The van der Waals surface area contributed by atoms with Crippen molar-refractivity contribution in [1.29, 1.82) is 0 Å². The van der Waals surface area contributed by atoms with Crippen LogP contribution in [-0.2, 0) is 4.74 Å². The average Bonchev–Trinajstić information content (AvgIpc) is 2.67. The topological polar surface area (TPSA) is 29.5 Å². The maximum Gasteiger partial charge on any atom is 0.101 e. The van der Waals surface area contributed by atoms with Crippen LogP contribution in [0.15, 0.2) is 42.0 Å². The van der Waals surface area contributed by atoms with Crippen LogP contribution in [-0.4, -0.2) is 18.3 Å². The molecule has 1 aliphatic rings. The maximum absolute atomic E-state index is 8.88. The fourth-order valence-electron chi connectivity index (χ4n) is 1.44. The van der Waals surface area contributed by atoms with Gasteiger partial charge in [-0.1, -0.05) is 30.3 Å². The average molecular weight is 176 g/mol. The Labute approximate surface area is 77.5 Å². The molecule has 1 aliphatic heterocycles. The Morgan fingerprint density at radius 1 is 1.31 bits per heavy atom. The molecule has 13 heavy (non-hydrogen) atoms. The molecule has 1 atom stereocenters. The standard InChI is InChI=1S/C11H12O2/c12-7-9-6-11(13-8-9)10-4-2-1-3-5-10/h1-6,11-12H,7-8H2. The number of rotatable bonds is 2. The van der Waals surface area contributed by atoms with E-state index in [1.54, 1.807) is 0 Å². The number of hydrogen-bond acceptors (Lipinski definition) is 2. The van der Waals surface area contributed by atoms with Gasteiger partial charge in [0.1, 0.15) is 6.10 Å². The van der Waals surface area contributed by atoms with Crippen LogP contribution >= 0.6 is 0 Å². The van der Waals surface area contributed by atoms with Crippen molar-refractivity contribution < 1.29 is 9.84 Å². The third-order valence-corrected chi connectivity index (χ3v) is 2.17. The van der Waals surface area contributed by atoms with Gasteiger partial charge in [0.15, 0.2) is 0 Å². The predicted molar refractivity (Wildman–Crippen MR) is 50.3 cm³/mol. The number of benzene rings is 1. The van der Waals surface area contributed by atoms with Crippen LogP contribution in [0.25, 0.3) is 0 Å². The van der Waals surface area contributed by atoms with Crippen molar-refractivity contribution in [3.63, 3.8) is 0 Å². The zero-order chi connectivity index (χ0) is 9.10. The molecule has 0 spiro atoms. The minimum atomic E-state index is 0.0309. The number of aliphatic hydroxyl groups excluding tert-OH is 1. The smallest absolute Gasteiger partial charge is 0.101 e. The van der Waals surface area contributed by atoms with Crippen molar-refractivity contribution >= 4 is 0 Å². The second-order valence-corrected chi connectivity index (χ2v) is 3.13. The summed E-state index contributed by atoms with van der Waals surface area (Å²) in [5, 5.41) is 8.88. The van der Waals surface area contributed by atoms with Crippen LogP contribution in [0.4, 0.5) is 0 Å². The summed E-state index contributed by atoms with van der Waals surface area (Å²) in [6, 6.07) is 10.0. The van der Waals surface area contributed by atoms with Crippen molar-refractivity contribution in [1.82, 2.24) is 0 Å². The van der Waals surface area contributed by atoms with Crippen LogP contribution in [0.1, 0.15) is 11.7 Å². The molecular weight excluding hydrogens is 164 g/mol. The summed E-state index contributed by atoms with van der Waals surface area (Å²) in [5.74, 6) is 0. The van der Waals surface area contributed by atoms with Crippen molar-refractivity contribution in [2.24, 2.45) is 0 Å². The van der Waals surface area contributed by atoms with Gasteiger partial charge in [-0.05, 0) is 17.2 Å². The molecule has 0 radical (unpaired) electrons. The lowest BCUT2D eigenvalue weighted by Gasteiger charge is -2.06. The lowest BCUT2D eigenvalue weighted by molar-refractivity contribution is 0.123. The van der Waals surface area contributed by atoms with E-state index in [4.69, 9.17) is 9.84 Å². The highest BCUT2D eigenvalue weighted by molar-refractivity contribution is 5.25. The van der Waals surface area contributed by atoms with Gasteiger partial charge in [-0.15, -0.1) is 0 Å². The number of hydrogen-bond donors (Lipinski definition) is 1. The molecule has 1 aromatic rings. The van der Waals surface area contributed by atoms with Gasteiger partial charge in [0.05, 0.1) is 13.2 Å². The number of ether oxygens (including phenoxy) is 1. The number of aliphatic hydroxyl groups is 1. The van der Waals surface area contributed by atoms with E-state index in [1.807, 2.05) is 36.4 Å². The lowest BCUT2D eigenvalue weighted by atomic mass is 10.1. The highest BCUT2D eigenvalue weighted by Crippen LogP contribution is 2.25. The van der Waals surface area contributed by atoms with Gasteiger partial charge in [0.2, 0.25) is 0 Å². The molecule has 0 aliphatic carbocycles. The molecule has 2 heteroatoms. The van der Waals surface area contributed by atoms with E-state index >= 15 is 0 Å². The molecule has 1 N–H and O–H groups in total. The second-order valence-electron chi connectivity index (χ2n) is 3.13. The predicted octanol–water partition coefficient (Wildman–Crippen LogP) is 1.68. The Morgan fingerprint density at radius 3 is 2.69 bits per heavy atom. The van der Waals surface area contributed by atoms with Gasteiger partial charge < -0.3 is 9.84 Å². The minimum Gasteiger partial charge on any atom is -0.392 e. The Bertz CT molecular complexity index is 303. The van der Waals surface area contributed by atoms with Crippen molar-refractivity contribution in [2.75, 3.05) is 13.2 Å². The van der Waals surface area contributed by atoms with Crippen LogP contribution in [0.3, 0.4) is 0 Å². The zero-order valence-corrected chi connectivity index (χ0v) is 7.31. The summed E-state index contributed by atoms with van der Waals surface area (Å²) >= 11 is 0. The summed E-state index contributed by atoms with van der Waals surface area (Å²) < 4.78 is 5.49. The molecule has 0 saturated heterocycles. The first kappa shape index (κ1) is 8.48. The van der Waals surface area contributed by atoms with E-state index in [-0.39, 0.29) is 12.7 Å². The van der Waals surface area contributed by atoms with Gasteiger partial charge in [0.25, 0.3) is 0 Å². The van der Waals surface area contributed by atoms with Gasteiger partial charge in [0, 0.05) is 0 Å². The Hall–Kier alpha value is -1.12. The van der Waals surface area contributed by atoms with Crippen LogP contribution in [0.2, 0.25) is 0 Å². The molecule has 1 aromatic carbocycles. The molecule has 1 heterocycles. The summed E-state index contributed by atoms with van der Waals surface area (Å²) in [6.07, 6.45) is 2.01. The molecule has 68 valence electrons. The molecular formula is C11H12O2. The van der Waals surface area contributed by atoms with Gasteiger partial charge in [-0.2, -0.15) is 0 Å². The van der Waals surface area contributed by atoms with Crippen LogP contribution in [0.5, 0.6) is 0 Å². The third kappa shape index (κ3) is 1.79. The highest BCUT2D eigenvalue weighted by atomic mass is 16.5. The maximum atomic E-state index is 8.88. The summed E-state index contributed by atoms with van der Waals surface area (Å²) in [4.78, 5) is 0. The van der Waals surface area contributed by atoms with Crippen LogP contribution < -0.4 is 0 Å². The minimum absolute atomic E-state index is 0.0309. The van der Waals surface area contributed by atoms with E-state index < -0.39 is 0 Å². The van der Waals surface area contributed by atoms with E-state index in [9.17, 15) is 0 Å². The molecule has 2 nitrogen and oxygen atoms in total. The SMILES string of the molecule is OCC1=CC(c2ccccc2)OC1. The first-order chi connectivity index (χ1) is 6.40. The van der Waals surface area contributed by atoms with Gasteiger partial charge in [-0.3, -0.25) is 0 Å². The fraction of sp³-hybridized carbons (Fsp3) is 0.273. The Kier molecular flexibility index (Phi) is 2.43. The molecule has 2 rings (SSSR count). The molecule has 0 bridgehead atoms. The Morgan fingerprint density at radius 2 is 2.08 bits per heavy atom. The van der Waals surface area contributed by atoms with Crippen molar-refractivity contribution in [3.8, 4) is 0 Å².